The van der Waals surface area contributed by atoms with Gasteiger partial charge in [0.2, 0.25) is 0 Å². The van der Waals surface area contributed by atoms with Crippen molar-refractivity contribution in [2.45, 2.75) is 6.54 Å². The van der Waals surface area contributed by atoms with Crippen molar-refractivity contribution in [3.8, 4) is 0 Å². The van der Waals surface area contributed by atoms with Gasteiger partial charge < -0.3 is 10.4 Å². The lowest BCUT2D eigenvalue weighted by atomic mass is 10.1. The number of rotatable bonds is 4. The highest BCUT2D eigenvalue weighted by atomic mass is 19.2. The van der Waals surface area contributed by atoms with Crippen LogP contribution in [0.1, 0.15) is 15.9 Å². The Morgan fingerprint density at radius 1 is 1.05 bits per heavy atom. The Hall–Kier alpha value is -2.50. The number of aromatic carboxylic acids is 1. The molecule has 3 nitrogen and oxygen atoms in total. The van der Waals surface area contributed by atoms with Gasteiger partial charge in [-0.2, -0.15) is 0 Å². The van der Waals surface area contributed by atoms with Crippen LogP contribution in [0.5, 0.6) is 0 Å². The highest BCUT2D eigenvalue weighted by molar-refractivity contribution is 5.94. The second-order valence-corrected chi connectivity index (χ2v) is 4.10. The third kappa shape index (κ3) is 3.09. The second-order valence-electron chi connectivity index (χ2n) is 4.10. The van der Waals surface area contributed by atoms with Gasteiger partial charge in [0.05, 0.1) is 5.56 Å². The van der Waals surface area contributed by atoms with Crippen molar-refractivity contribution in [2.24, 2.45) is 0 Å². The summed E-state index contributed by atoms with van der Waals surface area (Å²) in [4.78, 5) is 11.0. The SMILES string of the molecule is O=C(O)c1cc(F)ccc1NCc1ccc(F)c(F)c1. The zero-order chi connectivity index (χ0) is 14.7. The van der Waals surface area contributed by atoms with Gasteiger partial charge in [-0.25, -0.2) is 18.0 Å². The number of benzene rings is 2. The van der Waals surface area contributed by atoms with Crippen LogP contribution >= 0.6 is 0 Å². The highest BCUT2D eigenvalue weighted by Gasteiger charge is 2.11. The number of hydrogen-bond donors (Lipinski definition) is 2. The lowest BCUT2D eigenvalue weighted by Gasteiger charge is -2.10. The van der Waals surface area contributed by atoms with Crippen molar-refractivity contribution in [1.82, 2.24) is 0 Å². The van der Waals surface area contributed by atoms with E-state index in [-0.39, 0.29) is 17.8 Å². The largest absolute Gasteiger partial charge is 0.478 e. The lowest BCUT2D eigenvalue weighted by molar-refractivity contribution is 0.0697. The molecule has 2 rings (SSSR count). The van der Waals surface area contributed by atoms with E-state index in [1.165, 1.54) is 12.1 Å². The lowest BCUT2D eigenvalue weighted by Crippen LogP contribution is -2.07. The van der Waals surface area contributed by atoms with Gasteiger partial charge >= 0.3 is 5.97 Å². The molecule has 0 bridgehead atoms. The maximum absolute atomic E-state index is 13.0. The maximum Gasteiger partial charge on any atom is 0.337 e. The number of nitrogens with one attached hydrogen (secondary N) is 1. The standard InChI is InChI=1S/C14H10F3NO2/c15-9-2-4-13(10(6-9)14(19)20)18-7-8-1-3-11(16)12(17)5-8/h1-6,18H,7H2,(H,19,20). The maximum atomic E-state index is 13.0. The van der Waals surface area contributed by atoms with E-state index in [1.54, 1.807) is 0 Å². The van der Waals surface area contributed by atoms with E-state index in [2.05, 4.69) is 5.32 Å². The number of carboxylic acids is 1. The third-order valence-corrected chi connectivity index (χ3v) is 2.68. The van der Waals surface area contributed by atoms with Crippen LogP contribution in [-0.2, 0) is 6.54 Å². The predicted octanol–water partition coefficient (Wildman–Crippen LogP) is 3.41. The molecule has 0 aliphatic rings. The molecule has 0 heterocycles. The van der Waals surface area contributed by atoms with Gasteiger partial charge in [0.15, 0.2) is 11.6 Å². The quantitative estimate of drug-likeness (QED) is 0.902. The molecule has 0 aromatic heterocycles. The molecule has 0 saturated carbocycles. The molecule has 0 unspecified atom stereocenters. The van der Waals surface area contributed by atoms with Gasteiger partial charge in [-0.15, -0.1) is 0 Å². The number of halogens is 3. The molecule has 0 aliphatic carbocycles. The van der Waals surface area contributed by atoms with Gasteiger partial charge in [0.25, 0.3) is 0 Å². The summed E-state index contributed by atoms with van der Waals surface area (Å²) in [5.74, 6) is -3.89. The van der Waals surface area contributed by atoms with Crippen molar-refractivity contribution in [3.05, 3.63) is 65.0 Å². The van der Waals surface area contributed by atoms with Gasteiger partial charge in [0, 0.05) is 12.2 Å². The Balaban J connectivity index is 2.18. The van der Waals surface area contributed by atoms with Crippen LogP contribution in [-0.4, -0.2) is 11.1 Å². The normalized spacial score (nSPS) is 10.3. The number of carboxylic acid groups (broad SMARTS) is 1. The Kier molecular flexibility index (Phi) is 3.93. The summed E-state index contributed by atoms with van der Waals surface area (Å²) in [5, 5.41) is 11.7. The Morgan fingerprint density at radius 3 is 2.45 bits per heavy atom. The van der Waals surface area contributed by atoms with E-state index in [0.29, 0.717) is 5.56 Å². The third-order valence-electron chi connectivity index (χ3n) is 2.68. The zero-order valence-electron chi connectivity index (χ0n) is 10.2. The van der Waals surface area contributed by atoms with Crippen LogP contribution in [0.4, 0.5) is 18.9 Å². The van der Waals surface area contributed by atoms with Crippen LogP contribution in [0.15, 0.2) is 36.4 Å². The molecule has 0 fully saturated rings. The summed E-state index contributed by atoms with van der Waals surface area (Å²) in [7, 11) is 0. The summed E-state index contributed by atoms with van der Waals surface area (Å²) in [6.07, 6.45) is 0. The molecule has 0 saturated heterocycles. The smallest absolute Gasteiger partial charge is 0.337 e. The van der Waals surface area contributed by atoms with Crippen LogP contribution in [0, 0.1) is 17.5 Å². The molecule has 104 valence electrons. The van der Waals surface area contributed by atoms with E-state index in [9.17, 15) is 18.0 Å². The number of anilines is 1. The van der Waals surface area contributed by atoms with Gasteiger partial charge in [-0.1, -0.05) is 6.07 Å². The van der Waals surface area contributed by atoms with Crippen LogP contribution < -0.4 is 5.32 Å². The van der Waals surface area contributed by atoms with Gasteiger partial charge in [-0.3, -0.25) is 0 Å². The Labute approximate surface area is 112 Å². The van der Waals surface area contributed by atoms with Crippen molar-refractivity contribution in [2.75, 3.05) is 5.32 Å². The average molecular weight is 281 g/mol. The summed E-state index contributed by atoms with van der Waals surface area (Å²) < 4.78 is 38.8. The molecule has 6 heteroatoms. The first-order valence-corrected chi connectivity index (χ1v) is 5.68. The minimum atomic E-state index is -1.28. The first-order valence-electron chi connectivity index (χ1n) is 5.68. The second kappa shape index (κ2) is 5.64. The summed E-state index contributed by atoms with van der Waals surface area (Å²) in [6.45, 7) is 0.0864. The zero-order valence-corrected chi connectivity index (χ0v) is 10.2. The molecule has 20 heavy (non-hydrogen) atoms. The van der Waals surface area contributed by atoms with E-state index in [4.69, 9.17) is 5.11 Å². The molecule has 0 spiro atoms. The monoisotopic (exact) mass is 281 g/mol. The minimum absolute atomic E-state index is 0.0864. The highest BCUT2D eigenvalue weighted by Crippen LogP contribution is 2.18. The molecule has 0 radical (unpaired) electrons. The van der Waals surface area contributed by atoms with Crippen molar-refractivity contribution in [1.29, 1.82) is 0 Å². The Morgan fingerprint density at radius 2 is 1.80 bits per heavy atom. The van der Waals surface area contributed by atoms with Crippen molar-refractivity contribution < 1.29 is 23.1 Å². The molecule has 0 atom stereocenters. The topological polar surface area (TPSA) is 49.3 Å². The van der Waals surface area contributed by atoms with E-state index in [1.807, 2.05) is 0 Å². The fourth-order valence-electron chi connectivity index (χ4n) is 1.69. The average Bonchev–Trinajstić information content (AvgIpc) is 2.41. The molecule has 2 aromatic rings. The molecular formula is C14H10F3NO2. The molecule has 2 aromatic carbocycles. The fraction of sp³-hybridized carbons (Fsp3) is 0.0714. The number of hydrogen-bond acceptors (Lipinski definition) is 2. The molecular weight excluding hydrogens is 271 g/mol. The van der Waals surface area contributed by atoms with Gasteiger partial charge in [0.1, 0.15) is 5.82 Å². The number of carbonyl (C=O) groups is 1. The van der Waals surface area contributed by atoms with E-state index in [0.717, 1.165) is 24.3 Å². The van der Waals surface area contributed by atoms with Crippen molar-refractivity contribution in [3.63, 3.8) is 0 Å². The van der Waals surface area contributed by atoms with Crippen LogP contribution in [0.25, 0.3) is 0 Å². The minimum Gasteiger partial charge on any atom is -0.478 e. The first-order chi connectivity index (χ1) is 9.47. The van der Waals surface area contributed by atoms with E-state index >= 15 is 0 Å². The first kappa shape index (κ1) is 13.9. The summed E-state index contributed by atoms with van der Waals surface area (Å²) in [6, 6.07) is 6.63. The molecule has 2 N–H and O–H groups in total. The van der Waals surface area contributed by atoms with E-state index < -0.39 is 23.4 Å². The fourth-order valence-corrected chi connectivity index (χ4v) is 1.69. The predicted molar refractivity (Wildman–Crippen MR) is 67.0 cm³/mol. The molecule has 0 aliphatic heterocycles. The Bertz CT molecular complexity index is 659. The molecule has 0 amide bonds. The van der Waals surface area contributed by atoms with Crippen molar-refractivity contribution >= 4 is 11.7 Å². The summed E-state index contributed by atoms with van der Waals surface area (Å²) in [5.41, 5.74) is 0.404. The van der Waals surface area contributed by atoms with Gasteiger partial charge in [-0.05, 0) is 35.9 Å². The van der Waals surface area contributed by atoms with Crippen LogP contribution in [0.2, 0.25) is 0 Å². The summed E-state index contributed by atoms with van der Waals surface area (Å²) >= 11 is 0. The van der Waals surface area contributed by atoms with Crippen LogP contribution in [0.3, 0.4) is 0 Å².